The number of hydrogen-bond acceptors (Lipinski definition) is 4. The number of urea groups is 1. The van der Waals surface area contributed by atoms with Crippen LogP contribution in [0.25, 0.3) is 0 Å². The number of carbonyl (C=O) groups is 1. The van der Waals surface area contributed by atoms with Gasteiger partial charge in [-0.1, -0.05) is 6.07 Å². The van der Waals surface area contributed by atoms with Crippen molar-refractivity contribution in [3.8, 4) is 0 Å². The van der Waals surface area contributed by atoms with E-state index < -0.39 is 0 Å². The van der Waals surface area contributed by atoms with E-state index in [2.05, 4.69) is 25.5 Å². The Bertz CT molecular complexity index is 638. The van der Waals surface area contributed by atoms with Crippen molar-refractivity contribution < 1.29 is 4.79 Å². The first-order chi connectivity index (χ1) is 11.2. The average Bonchev–Trinajstić information content (AvgIpc) is 3.11. The van der Waals surface area contributed by atoms with Crippen molar-refractivity contribution in [1.82, 2.24) is 15.3 Å². The third-order valence-electron chi connectivity index (χ3n) is 3.91. The van der Waals surface area contributed by atoms with Gasteiger partial charge in [0.1, 0.15) is 5.82 Å². The number of pyridine rings is 2. The predicted octanol–water partition coefficient (Wildman–Crippen LogP) is 2.96. The summed E-state index contributed by atoms with van der Waals surface area (Å²) in [6.07, 6.45) is 5.84. The minimum Gasteiger partial charge on any atom is -0.357 e. The minimum atomic E-state index is -0.265. The van der Waals surface area contributed by atoms with Crippen LogP contribution < -0.4 is 15.5 Å². The van der Waals surface area contributed by atoms with Gasteiger partial charge in [0.15, 0.2) is 0 Å². The molecule has 6 nitrogen and oxygen atoms in total. The molecule has 1 fully saturated rings. The van der Waals surface area contributed by atoms with Crippen LogP contribution in [-0.4, -0.2) is 29.1 Å². The highest BCUT2D eigenvalue weighted by Crippen LogP contribution is 2.19. The molecule has 6 heteroatoms. The maximum atomic E-state index is 12.0. The van der Waals surface area contributed by atoms with Crippen molar-refractivity contribution >= 4 is 17.5 Å². The van der Waals surface area contributed by atoms with Crippen molar-refractivity contribution in [3.63, 3.8) is 0 Å². The third-order valence-corrected chi connectivity index (χ3v) is 3.91. The largest absolute Gasteiger partial charge is 0.357 e. The van der Waals surface area contributed by atoms with E-state index in [-0.39, 0.29) is 12.1 Å². The lowest BCUT2D eigenvalue weighted by Gasteiger charge is -2.17. The van der Waals surface area contributed by atoms with E-state index >= 15 is 0 Å². The van der Waals surface area contributed by atoms with Gasteiger partial charge in [-0.15, -0.1) is 0 Å². The zero-order chi connectivity index (χ0) is 16.1. The van der Waals surface area contributed by atoms with Crippen molar-refractivity contribution in [2.24, 2.45) is 0 Å². The average molecular weight is 311 g/mol. The second kappa shape index (κ2) is 7.09. The van der Waals surface area contributed by atoms with Crippen molar-refractivity contribution in [3.05, 3.63) is 48.4 Å². The van der Waals surface area contributed by atoms with Crippen LogP contribution in [-0.2, 0) is 0 Å². The molecular weight excluding hydrogens is 290 g/mol. The normalized spacial score (nSPS) is 15.3. The van der Waals surface area contributed by atoms with Gasteiger partial charge in [-0.2, -0.15) is 0 Å². The number of nitrogens with one attached hydrogen (secondary N) is 2. The lowest BCUT2D eigenvalue weighted by molar-refractivity contribution is 0.249. The second-order valence-corrected chi connectivity index (χ2v) is 5.67. The number of amides is 2. The molecular formula is C17H21N5O. The Morgan fingerprint density at radius 1 is 1.17 bits per heavy atom. The number of hydrogen-bond donors (Lipinski definition) is 2. The van der Waals surface area contributed by atoms with Gasteiger partial charge in [0.2, 0.25) is 0 Å². The molecule has 120 valence electrons. The van der Waals surface area contributed by atoms with Crippen LogP contribution in [0.3, 0.4) is 0 Å². The van der Waals surface area contributed by atoms with Gasteiger partial charge in [-0.05, 0) is 44.0 Å². The summed E-state index contributed by atoms with van der Waals surface area (Å²) in [5.41, 5.74) is 1.50. The van der Waals surface area contributed by atoms with E-state index in [1.807, 2.05) is 37.3 Å². The molecule has 0 bridgehead atoms. The van der Waals surface area contributed by atoms with E-state index in [4.69, 9.17) is 0 Å². The highest BCUT2D eigenvalue weighted by Gasteiger charge is 2.14. The van der Waals surface area contributed by atoms with Crippen molar-refractivity contribution in [2.45, 2.75) is 25.8 Å². The molecule has 2 aromatic heterocycles. The lowest BCUT2D eigenvalue weighted by atomic mass is 10.2. The Labute approximate surface area is 135 Å². The highest BCUT2D eigenvalue weighted by atomic mass is 16.2. The van der Waals surface area contributed by atoms with Gasteiger partial charge in [-0.25, -0.2) is 9.78 Å². The summed E-state index contributed by atoms with van der Waals surface area (Å²) in [7, 11) is 0. The molecule has 2 aromatic rings. The molecule has 0 spiro atoms. The Balaban J connectivity index is 1.55. The first-order valence-corrected chi connectivity index (χ1v) is 7.92. The summed E-state index contributed by atoms with van der Waals surface area (Å²) in [4.78, 5) is 23.0. The summed E-state index contributed by atoms with van der Waals surface area (Å²) < 4.78 is 0. The minimum absolute atomic E-state index is 0.159. The fourth-order valence-corrected chi connectivity index (χ4v) is 2.66. The van der Waals surface area contributed by atoms with E-state index in [1.165, 1.54) is 12.8 Å². The Morgan fingerprint density at radius 2 is 2.00 bits per heavy atom. The first kappa shape index (κ1) is 15.3. The summed E-state index contributed by atoms with van der Waals surface area (Å²) in [5.74, 6) is 0.968. The van der Waals surface area contributed by atoms with E-state index in [1.54, 1.807) is 12.4 Å². The Morgan fingerprint density at radius 3 is 2.65 bits per heavy atom. The van der Waals surface area contributed by atoms with Gasteiger partial charge < -0.3 is 15.5 Å². The molecule has 1 saturated heterocycles. The molecule has 3 heterocycles. The van der Waals surface area contributed by atoms with Crippen molar-refractivity contribution in [2.75, 3.05) is 23.3 Å². The number of carbonyl (C=O) groups excluding carboxylic acids is 1. The fourth-order valence-electron chi connectivity index (χ4n) is 2.66. The molecule has 23 heavy (non-hydrogen) atoms. The number of nitrogens with zero attached hydrogens (tertiary/aromatic N) is 3. The summed E-state index contributed by atoms with van der Waals surface area (Å²) in [6, 6.07) is 9.04. The van der Waals surface area contributed by atoms with Crippen LogP contribution in [0.5, 0.6) is 0 Å². The molecule has 1 aliphatic rings. The van der Waals surface area contributed by atoms with Gasteiger partial charge in [0.25, 0.3) is 0 Å². The SMILES string of the molecule is C[C@H](NC(=O)Nc1ccc(N2CCCC2)nc1)c1ccccn1. The number of aromatic nitrogens is 2. The second-order valence-electron chi connectivity index (χ2n) is 5.67. The predicted molar refractivity (Wildman–Crippen MR) is 90.5 cm³/mol. The first-order valence-electron chi connectivity index (χ1n) is 7.92. The monoisotopic (exact) mass is 311 g/mol. The fraction of sp³-hybridized carbons (Fsp3) is 0.353. The smallest absolute Gasteiger partial charge is 0.319 e. The van der Waals surface area contributed by atoms with Crippen molar-refractivity contribution in [1.29, 1.82) is 0 Å². The summed E-state index contributed by atoms with van der Waals surface area (Å²) >= 11 is 0. The number of anilines is 2. The van der Waals surface area contributed by atoms with Crippen LogP contribution in [0.1, 0.15) is 31.5 Å². The topological polar surface area (TPSA) is 70.2 Å². The molecule has 2 amide bonds. The molecule has 0 unspecified atom stereocenters. The molecule has 1 aliphatic heterocycles. The molecule has 1 atom stereocenters. The molecule has 3 rings (SSSR count). The molecule has 0 aliphatic carbocycles. The zero-order valence-electron chi connectivity index (χ0n) is 13.2. The van der Waals surface area contributed by atoms with E-state index in [0.29, 0.717) is 5.69 Å². The molecule has 2 N–H and O–H groups in total. The maximum absolute atomic E-state index is 12.0. The van der Waals surface area contributed by atoms with Gasteiger partial charge in [0, 0.05) is 19.3 Å². The lowest BCUT2D eigenvalue weighted by Crippen LogP contribution is -2.31. The number of rotatable bonds is 4. The van der Waals surface area contributed by atoms with Gasteiger partial charge >= 0.3 is 6.03 Å². The quantitative estimate of drug-likeness (QED) is 0.911. The zero-order valence-corrected chi connectivity index (χ0v) is 13.2. The van der Waals surface area contributed by atoms with Crippen LogP contribution in [0.4, 0.5) is 16.3 Å². The third kappa shape index (κ3) is 3.97. The van der Waals surface area contributed by atoms with Crippen LogP contribution in [0.2, 0.25) is 0 Å². The Hall–Kier alpha value is -2.63. The summed E-state index contributed by atoms with van der Waals surface area (Å²) in [6.45, 7) is 4.01. The summed E-state index contributed by atoms with van der Waals surface area (Å²) in [5, 5.41) is 5.67. The molecule has 0 aromatic carbocycles. The highest BCUT2D eigenvalue weighted by molar-refractivity contribution is 5.89. The van der Waals surface area contributed by atoms with Crippen LogP contribution >= 0.6 is 0 Å². The molecule has 0 radical (unpaired) electrons. The standard InChI is InChI=1S/C17H21N5O/c1-13(15-6-2-3-9-18-15)20-17(23)21-14-7-8-16(19-12-14)22-10-4-5-11-22/h2-3,6-9,12-13H,4-5,10-11H2,1H3,(H2,20,21,23)/t13-/m0/s1. The van der Waals surface area contributed by atoms with Crippen LogP contribution in [0, 0.1) is 0 Å². The van der Waals surface area contributed by atoms with E-state index in [9.17, 15) is 4.79 Å². The molecule has 0 saturated carbocycles. The van der Waals surface area contributed by atoms with Gasteiger partial charge in [0.05, 0.1) is 23.6 Å². The van der Waals surface area contributed by atoms with E-state index in [0.717, 1.165) is 24.6 Å². The van der Waals surface area contributed by atoms with Crippen LogP contribution in [0.15, 0.2) is 42.7 Å². The van der Waals surface area contributed by atoms with Gasteiger partial charge in [-0.3, -0.25) is 4.98 Å². The Kier molecular flexibility index (Phi) is 4.71. The maximum Gasteiger partial charge on any atom is 0.319 e.